The van der Waals surface area contributed by atoms with Crippen LogP contribution < -0.4 is 15.8 Å². The van der Waals surface area contributed by atoms with Crippen LogP contribution in [0.2, 0.25) is 0 Å². The Morgan fingerprint density at radius 3 is 2.12 bits per heavy atom. The van der Waals surface area contributed by atoms with Crippen molar-refractivity contribution in [1.29, 1.82) is 0 Å². The molecule has 0 aliphatic carbocycles. The largest absolute Gasteiger partial charge is 0.489 e. The highest BCUT2D eigenvalue weighted by Gasteiger charge is 2.12. The fourth-order valence-electron chi connectivity index (χ4n) is 2.24. The molecule has 0 saturated carbocycles. The summed E-state index contributed by atoms with van der Waals surface area (Å²) in [5, 5.41) is 2.44. The first-order valence-corrected chi connectivity index (χ1v) is 8.14. The highest BCUT2D eigenvalue weighted by Crippen LogP contribution is 2.22. The number of nitrogens with one attached hydrogen (secondary N) is 1. The Hall–Kier alpha value is -2.82. The van der Waals surface area contributed by atoms with Crippen molar-refractivity contribution in [3.63, 3.8) is 0 Å². The molecule has 0 fully saturated rings. The van der Waals surface area contributed by atoms with Crippen molar-refractivity contribution in [2.24, 2.45) is 5.73 Å². The Morgan fingerprint density at radius 2 is 1.60 bits per heavy atom. The molecule has 0 unspecified atom stereocenters. The van der Waals surface area contributed by atoms with E-state index in [4.69, 9.17) is 10.5 Å². The molecule has 0 aliphatic heterocycles. The maximum absolute atomic E-state index is 11.8. The summed E-state index contributed by atoms with van der Waals surface area (Å²) in [7, 11) is 0. The van der Waals surface area contributed by atoms with Crippen LogP contribution in [0, 0.1) is 0 Å². The minimum absolute atomic E-state index is 0.129. The van der Waals surface area contributed by atoms with Gasteiger partial charge in [0.05, 0.1) is 6.54 Å². The van der Waals surface area contributed by atoms with Crippen molar-refractivity contribution in [3.8, 4) is 5.75 Å². The van der Waals surface area contributed by atoms with Crippen molar-refractivity contribution in [3.05, 3.63) is 65.2 Å². The molecule has 2 aromatic carbocycles. The van der Waals surface area contributed by atoms with Gasteiger partial charge >= 0.3 is 0 Å². The molecule has 0 atom stereocenters. The fourth-order valence-corrected chi connectivity index (χ4v) is 2.24. The summed E-state index contributed by atoms with van der Waals surface area (Å²) in [6, 6.07) is 15.1. The molecule has 0 aliphatic rings. The van der Waals surface area contributed by atoms with Crippen molar-refractivity contribution in [2.45, 2.75) is 32.8 Å². The second-order valence-electron chi connectivity index (χ2n) is 6.91. The van der Waals surface area contributed by atoms with Gasteiger partial charge in [0.25, 0.3) is 5.91 Å². The van der Waals surface area contributed by atoms with Gasteiger partial charge in [0.2, 0.25) is 5.91 Å². The highest BCUT2D eigenvalue weighted by molar-refractivity contribution is 5.96. The number of nitrogens with two attached hydrogens (primary N) is 1. The summed E-state index contributed by atoms with van der Waals surface area (Å²) >= 11 is 0. The first-order chi connectivity index (χ1) is 11.8. The van der Waals surface area contributed by atoms with Crippen LogP contribution in [-0.2, 0) is 16.8 Å². The van der Waals surface area contributed by atoms with E-state index >= 15 is 0 Å². The molecule has 132 valence electrons. The van der Waals surface area contributed by atoms with E-state index < -0.39 is 5.91 Å². The zero-order chi connectivity index (χ0) is 18.4. The molecular weight excluding hydrogens is 316 g/mol. The predicted molar refractivity (Wildman–Crippen MR) is 97.4 cm³/mol. The minimum Gasteiger partial charge on any atom is -0.489 e. The van der Waals surface area contributed by atoms with Crippen LogP contribution in [0.15, 0.2) is 48.5 Å². The summed E-state index contributed by atoms with van der Waals surface area (Å²) in [6.07, 6.45) is 0. The Labute approximate surface area is 148 Å². The van der Waals surface area contributed by atoms with E-state index in [1.807, 2.05) is 0 Å². The Balaban J connectivity index is 1.91. The summed E-state index contributed by atoms with van der Waals surface area (Å²) < 4.78 is 5.74. The van der Waals surface area contributed by atoms with E-state index in [-0.39, 0.29) is 17.9 Å². The molecule has 0 radical (unpaired) electrons. The van der Waals surface area contributed by atoms with Crippen LogP contribution in [0.5, 0.6) is 5.75 Å². The molecule has 2 aromatic rings. The number of benzene rings is 2. The van der Waals surface area contributed by atoms with Crippen LogP contribution in [0.4, 0.5) is 0 Å². The maximum atomic E-state index is 11.8. The first kappa shape index (κ1) is 18.5. The molecule has 0 aromatic heterocycles. The molecule has 5 heteroatoms. The van der Waals surface area contributed by atoms with E-state index in [1.165, 1.54) is 5.56 Å². The van der Waals surface area contributed by atoms with Crippen LogP contribution in [0.1, 0.15) is 42.3 Å². The number of amides is 2. The average molecular weight is 340 g/mol. The van der Waals surface area contributed by atoms with E-state index in [9.17, 15) is 9.59 Å². The van der Waals surface area contributed by atoms with E-state index in [2.05, 4.69) is 50.4 Å². The molecular formula is C20H24N2O3. The average Bonchev–Trinajstić information content (AvgIpc) is 2.58. The van der Waals surface area contributed by atoms with E-state index in [1.54, 1.807) is 24.3 Å². The van der Waals surface area contributed by atoms with Gasteiger partial charge in [0.15, 0.2) is 0 Å². The molecule has 3 N–H and O–H groups in total. The monoisotopic (exact) mass is 340 g/mol. The van der Waals surface area contributed by atoms with Gasteiger partial charge in [-0.05, 0) is 40.8 Å². The smallest absolute Gasteiger partial charge is 0.251 e. The second-order valence-corrected chi connectivity index (χ2v) is 6.91. The third-order valence-electron chi connectivity index (χ3n) is 3.77. The molecule has 25 heavy (non-hydrogen) atoms. The molecule has 2 amide bonds. The zero-order valence-corrected chi connectivity index (χ0v) is 14.8. The third kappa shape index (κ3) is 5.64. The lowest BCUT2D eigenvalue weighted by atomic mass is 9.87. The second kappa shape index (κ2) is 7.83. The third-order valence-corrected chi connectivity index (χ3v) is 3.77. The van der Waals surface area contributed by atoms with Gasteiger partial charge in [0, 0.05) is 5.56 Å². The number of carbonyl (C=O) groups is 2. The summed E-state index contributed by atoms with van der Waals surface area (Å²) in [4.78, 5) is 22.5. The number of primary amides is 1. The standard InChI is InChI=1S/C20H24N2O3/c1-20(2,3)16-8-4-14(5-9-16)13-25-17-10-6-15(7-11-17)19(24)22-12-18(21)23/h4-11H,12-13H2,1-3H3,(H2,21,23)(H,22,24). The lowest BCUT2D eigenvalue weighted by Gasteiger charge is -2.19. The molecule has 0 bridgehead atoms. The lowest BCUT2D eigenvalue weighted by Crippen LogP contribution is -2.33. The van der Waals surface area contributed by atoms with Gasteiger partial charge in [-0.15, -0.1) is 0 Å². The predicted octanol–water partition coefficient (Wildman–Crippen LogP) is 2.78. The SMILES string of the molecule is CC(C)(C)c1ccc(COc2ccc(C(=O)NCC(N)=O)cc2)cc1. The van der Waals surface area contributed by atoms with E-state index in [0.717, 1.165) is 5.56 Å². The molecule has 0 heterocycles. The Bertz CT molecular complexity index is 729. The van der Waals surface area contributed by atoms with Crippen LogP contribution >= 0.6 is 0 Å². The normalized spacial score (nSPS) is 11.0. The molecule has 2 rings (SSSR count). The van der Waals surface area contributed by atoms with Gasteiger partial charge in [-0.1, -0.05) is 45.0 Å². The van der Waals surface area contributed by atoms with Crippen LogP contribution in [-0.4, -0.2) is 18.4 Å². The van der Waals surface area contributed by atoms with E-state index in [0.29, 0.717) is 17.9 Å². The van der Waals surface area contributed by atoms with Crippen molar-refractivity contribution >= 4 is 11.8 Å². The van der Waals surface area contributed by atoms with Crippen LogP contribution in [0.3, 0.4) is 0 Å². The van der Waals surface area contributed by atoms with Crippen molar-refractivity contribution in [1.82, 2.24) is 5.32 Å². The summed E-state index contributed by atoms with van der Waals surface area (Å²) in [5.41, 5.74) is 7.93. The van der Waals surface area contributed by atoms with Gasteiger partial charge in [-0.3, -0.25) is 9.59 Å². The first-order valence-electron chi connectivity index (χ1n) is 8.14. The molecule has 0 saturated heterocycles. The maximum Gasteiger partial charge on any atom is 0.251 e. The number of hydrogen-bond donors (Lipinski definition) is 2. The topological polar surface area (TPSA) is 81.4 Å². The Morgan fingerprint density at radius 1 is 1.00 bits per heavy atom. The highest BCUT2D eigenvalue weighted by atomic mass is 16.5. The number of rotatable bonds is 6. The van der Waals surface area contributed by atoms with Gasteiger partial charge in [-0.2, -0.15) is 0 Å². The van der Waals surface area contributed by atoms with Crippen molar-refractivity contribution < 1.29 is 14.3 Å². The lowest BCUT2D eigenvalue weighted by molar-refractivity contribution is -0.117. The van der Waals surface area contributed by atoms with Crippen molar-refractivity contribution in [2.75, 3.05) is 6.54 Å². The van der Waals surface area contributed by atoms with Gasteiger partial charge in [-0.25, -0.2) is 0 Å². The number of hydrogen-bond acceptors (Lipinski definition) is 3. The zero-order valence-electron chi connectivity index (χ0n) is 14.8. The molecule has 5 nitrogen and oxygen atoms in total. The fraction of sp³-hybridized carbons (Fsp3) is 0.300. The minimum atomic E-state index is -0.578. The summed E-state index contributed by atoms with van der Waals surface area (Å²) in [5.74, 6) is -0.250. The quantitative estimate of drug-likeness (QED) is 0.848. The Kier molecular flexibility index (Phi) is 5.80. The summed E-state index contributed by atoms with van der Waals surface area (Å²) in [6.45, 7) is 6.82. The van der Waals surface area contributed by atoms with Crippen LogP contribution in [0.25, 0.3) is 0 Å². The van der Waals surface area contributed by atoms with Gasteiger partial charge < -0.3 is 15.8 Å². The van der Waals surface area contributed by atoms with Gasteiger partial charge in [0.1, 0.15) is 12.4 Å². The number of carbonyl (C=O) groups excluding carboxylic acids is 2. The number of ether oxygens (including phenoxy) is 1. The molecule has 0 spiro atoms.